The molecule has 1 aliphatic rings. The number of rotatable bonds is 1. The van der Waals surface area contributed by atoms with Crippen LogP contribution in [0.3, 0.4) is 0 Å². The van der Waals surface area contributed by atoms with Gasteiger partial charge >= 0.3 is 6.09 Å². The number of carbonyl (C=O) groups is 1. The number of ether oxygens (including phenoxy) is 1. The van der Waals surface area contributed by atoms with Crippen LogP contribution in [0.25, 0.3) is 0 Å². The second-order valence-electron chi connectivity index (χ2n) is 3.23. The fraction of sp³-hybridized carbons (Fsp3) is 0.300. The number of cyclic esters (lactones) is 1. The zero-order valence-electron chi connectivity index (χ0n) is 7.71. The highest BCUT2D eigenvalue weighted by atomic mass is 79.9. The summed E-state index contributed by atoms with van der Waals surface area (Å²) in [5.41, 5.74) is 2.17. The molecule has 1 fully saturated rings. The fourth-order valence-electron chi connectivity index (χ4n) is 1.53. The lowest BCUT2D eigenvalue weighted by molar-refractivity contribution is 0.141. The van der Waals surface area contributed by atoms with Crippen molar-refractivity contribution in [3.8, 4) is 0 Å². The van der Waals surface area contributed by atoms with Gasteiger partial charge in [-0.05, 0) is 24.1 Å². The topological polar surface area (TPSA) is 38.3 Å². The molecule has 14 heavy (non-hydrogen) atoms. The number of amides is 1. The van der Waals surface area contributed by atoms with Crippen LogP contribution in [0.15, 0.2) is 22.7 Å². The molecule has 3 nitrogen and oxygen atoms in total. The van der Waals surface area contributed by atoms with Crippen LogP contribution >= 0.6 is 15.9 Å². The SMILES string of the molecule is Cc1c(Br)cccc1C1CNC(=O)O1. The van der Waals surface area contributed by atoms with Gasteiger partial charge in [0, 0.05) is 4.47 Å². The highest BCUT2D eigenvalue weighted by molar-refractivity contribution is 9.10. The third kappa shape index (κ3) is 1.62. The molecule has 1 aromatic rings. The van der Waals surface area contributed by atoms with E-state index >= 15 is 0 Å². The van der Waals surface area contributed by atoms with Gasteiger partial charge in [-0.1, -0.05) is 28.1 Å². The van der Waals surface area contributed by atoms with Crippen LogP contribution in [0.1, 0.15) is 17.2 Å². The molecule has 1 saturated heterocycles. The predicted octanol–water partition coefficient (Wildman–Crippen LogP) is 2.54. The van der Waals surface area contributed by atoms with Gasteiger partial charge in [0.2, 0.25) is 0 Å². The number of hydrogen-bond acceptors (Lipinski definition) is 2. The average molecular weight is 256 g/mol. The second-order valence-corrected chi connectivity index (χ2v) is 4.08. The molecule has 1 heterocycles. The van der Waals surface area contributed by atoms with Crippen LogP contribution in [-0.2, 0) is 4.74 Å². The first-order valence-electron chi connectivity index (χ1n) is 4.38. The maximum absolute atomic E-state index is 10.9. The number of hydrogen-bond donors (Lipinski definition) is 1. The average Bonchev–Trinajstić information content (AvgIpc) is 2.57. The fourth-order valence-corrected chi connectivity index (χ4v) is 1.92. The molecule has 1 amide bonds. The minimum Gasteiger partial charge on any atom is -0.439 e. The molecule has 1 aliphatic heterocycles. The van der Waals surface area contributed by atoms with E-state index in [0.717, 1.165) is 15.6 Å². The summed E-state index contributed by atoms with van der Waals surface area (Å²) in [5.74, 6) is 0. The van der Waals surface area contributed by atoms with Gasteiger partial charge in [-0.25, -0.2) is 4.79 Å². The summed E-state index contributed by atoms with van der Waals surface area (Å²) in [6, 6.07) is 5.90. The number of carbonyl (C=O) groups excluding carboxylic acids is 1. The first kappa shape index (κ1) is 9.52. The number of halogens is 1. The van der Waals surface area contributed by atoms with Gasteiger partial charge in [0.15, 0.2) is 0 Å². The van der Waals surface area contributed by atoms with Crippen LogP contribution in [-0.4, -0.2) is 12.6 Å². The molecule has 1 atom stereocenters. The van der Waals surface area contributed by atoms with E-state index in [4.69, 9.17) is 4.74 Å². The maximum Gasteiger partial charge on any atom is 0.407 e. The van der Waals surface area contributed by atoms with Crippen molar-refractivity contribution >= 4 is 22.0 Å². The van der Waals surface area contributed by atoms with Crippen molar-refractivity contribution in [1.29, 1.82) is 0 Å². The number of nitrogens with one attached hydrogen (secondary N) is 1. The molecular formula is C10H10BrNO2. The number of alkyl carbamates (subject to hydrolysis) is 1. The van der Waals surface area contributed by atoms with Crippen molar-refractivity contribution in [3.05, 3.63) is 33.8 Å². The summed E-state index contributed by atoms with van der Waals surface area (Å²) in [5, 5.41) is 2.64. The predicted molar refractivity (Wildman–Crippen MR) is 56.1 cm³/mol. The molecule has 1 N–H and O–H groups in total. The largest absolute Gasteiger partial charge is 0.439 e. The van der Waals surface area contributed by atoms with Crippen molar-refractivity contribution in [3.63, 3.8) is 0 Å². The van der Waals surface area contributed by atoms with Crippen molar-refractivity contribution in [2.75, 3.05) is 6.54 Å². The van der Waals surface area contributed by atoms with Crippen LogP contribution in [0.5, 0.6) is 0 Å². The van der Waals surface area contributed by atoms with E-state index in [1.54, 1.807) is 0 Å². The first-order valence-corrected chi connectivity index (χ1v) is 5.17. The molecule has 0 aliphatic carbocycles. The summed E-state index contributed by atoms with van der Waals surface area (Å²) >= 11 is 3.45. The van der Waals surface area contributed by atoms with E-state index in [2.05, 4.69) is 21.2 Å². The van der Waals surface area contributed by atoms with Gasteiger partial charge in [0.05, 0.1) is 6.54 Å². The molecule has 74 valence electrons. The van der Waals surface area contributed by atoms with Crippen molar-refractivity contribution < 1.29 is 9.53 Å². The van der Waals surface area contributed by atoms with Crippen LogP contribution in [0.4, 0.5) is 4.79 Å². The Kier molecular flexibility index (Phi) is 2.46. The van der Waals surface area contributed by atoms with Gasteiger partial charge in [-0.2, -0.15) is 0 Å². The molecule has 1 unspecified atom stereocenters. The van der Waals surface area contributed by atoms with Crippen molar-refractivity contribution in [1.82, 2.24) is 5.32 Å². The molecule has 0 radical (unpaired) electrons. The lowest BCUT2D eigenvalue weighted by atomic mass is 10.0. The van der Waals surface area contributed by atoms with E-state index < -0.39 is 0 Å². The Hall–Kier alpha value is -1.03. The van der Waals surface area contributed by atoms with E-state index in [0.29, 0.717) is 6.54 Å². The first-order chi connectivity index (χ1) is 6.68. The van der Waals surface area contributed by atoms with E-state index in [9.17, 15) is 4.79 Å². The van der Waals surface area contributed by atoms with Crippen molar-refractivity contribution in [2.24, 2.45) is 0 Å². The van der Waals surface area contributed by atoms with E-state index in [-0.39, 0.29) is 12.2 Å². The molecule has 2 rings (SSSR count). The highest BCUT2D eigenvalue weighted by Crippen LogP contribution is 2.28. The smallest absolute Gasteiger partial charge is 0.407 e. The number of benzene rings is 1. The van der Waals surface area contributed by atoms with E-state index in [1.165, 1.54) is 0 Å². The second kappa shape index (κ2) is 3.61. The van der Waals surface area contributed by atoms with Gasteiger partial charge in [0.1, 0.15) is 6.10 Å². The summed E-state index contributed by atoms with van der Waals surface area (Å²) in [4.78, 5) is 10.9. The molecule has 0 aromatic heterocycles. The van der Waals surface area contributed by atoms with Gasteiger partial charge < -0.3 is 10.1 Å². The zero-order valence-corrected chi connectivity index (χ0v) is 9.30. The molecule has 0 bridgehead atoms. The zero-order chi connectivity index (χ0) is 10.1. The Morgan fingerprint density at radius 1 is 1.57 bits per heavy atom. The highest BCUT2D eigenvalue weighted by Gasteiger charge is 2.25. The molecular weight excluding hydrogens is 246 g/mol. The Labute approximate surface area is 90.6 Å². The Morgan fingerprint density at radius 2 is 2.36 bits per heavy atom. The van der Waals surface area contributed by atoms with Gasteiger partial charge in [-0.15, -0.1) is 0 Å². The minimum atomic E-state index is -0.339. The van der Waals surface area contributed by atoms with Crippen LogP contribution < -0.4 is 5.32 Å². The Morgan fingerprint density at radius 3 is 3.00 bits per heavy atom. The monoisotopic (exact) mass is 255 g/mol. The minimum absolute atomic E-state index is 0.153. The molecule has 4 heteroatoms. The summed E-state index contributed by atoms with van der Waals surface area (Å²) in [6.07, 6.45) is -0.491. The summed E-state index contributed by atoms with van der Waals surface area (Å²) in [6.45, 7) is 2.56. The third-order valence-electron chi connectivity index (χ3n) is 2.34. The summed E-state index contributed by atoms with van der Waals surface area (Å²) < 4.78 is 6.15. The Balaban J connectivity index is 2.32. The standard InChI is InChI=1S/C10H10BrNO2/c1-6-7(3-2-4-8(6)11)9-5-12-10(13)14-9/h2-4,9H,5H2,1H3,(H,12,13). The molecule has 0 saturated carbocycles. The maximum atomic E-state index is 10.9. The molecule has 0 spiro atoms. The quantitative estimate of drug-likeness (QED) is 0.838. The summed E-state index contributed by atoms with van der Waals surface area (Å²) in [7, 11) is 0. The third-order valence-corrected chi connectivity index (χ3v) is 3.20. The Bertz CT molecular complexity index is 378. The van der Waals surface area contributed by atoms with Crippen LogP contribution in [0, 0.1) is 6.92 Å². The van der Waals surface area contributed by atoms with Crippen molar-refractivity contribution in [2.45, 2.75) is 13.0 Å². The lowest BCUT2D eigenvalue weighted by Crippen LogP contribution is -2.12. The van der Waals surface area contributed by atoms with Crippen LogP contribution in [0.2, 0.25) is 0 Å². The van der Waals surface area contributed by atoms with E-state index in [1.807, 2.05) is 25.1 Å². The van der Waals surface area contributed by atoms with Gasteiger partial charge in [0.25, 0.3) is 0 Å². The van der Waals surface area contributed by atoms with Gasteiger partial charge in [-0.3, -0.25) is 0 Å². The normalized spacial score (nSPS) is 20.4. The lowest BCUT2D eigenvalue weighted by Gasteiger charge is -2.12. The molecule has 1 aromatic carbocycles.